The third-order valence-corrected chi connectivity index (χ3v) is 5.08. The number of hydrogen-bond donors (Lipinski definition) is 1. The quantitative estimate of drug-likeness (QED) is 0.659. The fourth-order valence-electron chi connectivity index (χ4n) is 1.97. The normalized spacial score (nSPS) is 12.2. The molecule has 0 saturated heterocycles. The lowest BCUT2D eigenvalue weighted by Crippen LogP contribution is -2.27. The molecule has 0 radical (unpaired) electrons. The maximum absolute atomic E-state index is 12.0. The summed E-state index contributed by atoms with van der Waals surface area (Å²) in [6.07, 6.45) is 1.60. The second kappa shape index (κ2) is 7.42. The summed E-state index contributed by atoms with van der Waals surface area (Å²) in [6, 6.07) is 7.65. The first-order valence-corrected chi connectivity index (χ1v) is 8.83. The molecule has 0 aliphatic carbocycles. The lowest BCUT2D eigenvalue weighted by atomic mass is 10.3. The van der Waals surface area contributed by atoms with Crippen molar-refractivity contribution in [3.8, 4) is 0 Å². The number of hydrogen-bond acceptors (Lipinski definition) is 7. The molecule has 0 aliphatic heterocycles. The number of tetrazole rings is 1. The van der Waals surface area contributed by atoms with Gasteiger partial charge in [-0.3, -0.25) is 4.79 Å². The Morgan fingerprint density at radius 1 is 1.48 bits per heavy atom. The van der Waals surface area contributed by atoms with Crippen LogP contribution in [0.25, 0.3) is 0 Å². The second-order valence-electron chi connectivity index (χ2n) is 4.79. The van der Waals surface area contributed by atoms with Crippen LogP contribution >= 0.6 is 23.1 Å². The standard InChI is InChI=1S/C14H15N5O2S2/c1-10(12-5-3-7-22-12)15-13(20)9-23-14-16-17-18-19(14)8-11-4-2-6-21-11/h2-7,10H,8-9H2,1H3,(H,15,20). The number of nitrogens with one attached hydrogen (secondary N) is 1. The van der Waals surface area contributed by atoms with Crippen LogP contribution in [0, 0.1) is 0 Å². The van der Waals surface area contributed by atoms with E-state index in [0.29, 0.717) is 11.7 Å². The van der Waals surface area contributed by atoms with Crippen LogP contribution in [0.3, 0.4) is 0 Å². The summed E-state index contributed by atoms with van der Waals surface area (Å²) in [5, 5.41) is 17.1. The average Bonchev–Trinajstić information content (AvgIpc) is 3.29. The largest absolute Gasteiger partial charge is 0.467 e. The van der Waals surface area contributed by atoms with Gasteiger partial charge in [-0.2, -0.15) is 0 Å². The summed E-state index contributed by atoms with van der Waals surface area (Å²) in [5.74, 6) is 0.965. The minimum atomic E-state index is -0.0524. The van der Waals surface area contributed by atoms with Gasteiger partial charge < -0.3 is 9.73 Å². The van der Waals surface area contributed by atoms with Gasteiger partial charge in [-0.1, -0.05) is 17.8 Å². The number of thioether (sulfide) groups is 1. The molecule has 1 amide bonds. The van der Waals surface area contributed by atoms with Crippen molar-refractivity contribution in [2.45, 2.75) is 24.7 Å². The zero-order valence-electron chi connectivity index (χ0n) is 12.4. The molecule has 3 rings (SSSR count). The van der Waals surface area contributed by atoms with Crippen molar-refractivity contribution in [3.05, 3.63) is 46.5 Å². The minimum absolute atomic E-state index is 0.00205. The van der Waals surface area contributed by atoms with E-state index in [-0.39, 0.29) is 17.7 Å². The fraction of sp³-hybridized carbons (Fsp3) is 0.286. The monoisotopic (exact) mass is 349 g/mol. The first-order valence-electron chi connectivity index (χ1n) is 6.96. The molecule has 0 saturated carbocycles. The smallest absolute Gasteiger partial charge is 0.230 e. The lowest BCUT2D eigenvalue weighted by molar-refractivity contribution is -0.119. The number of carbonyl (C=O) groups excluding carboxylic acids is 1. The highest BCUT2D eigenvalue weighted by Crippen LogP contribution is 2.19. The van der Waals surface area contributed by atoms with E-state index < -0.39 is 0 Å². The van der Waals surface area contributed by atoms with Crippen LogP contribution in [-0.2, 0) is 11.3 Å². The van der Waals surface area contributed by atoms with Gasteiger partial charge in [-0.15, -0.1) is 16.4 Å². The Bertz CT molecular complexity index is 739. The molecule has 0 fully saturated rings. The molecule has 1 unspecified atom stereocenters. The lowest BCUT2D eigenvalue weighted by Gasteiger charge is -2.11. The maximum atomic E-state index is 12.0. The minimum Gasteiger partial charge on any atom is -0.467 e. The second-order valence-corrected chi connectivity index (χ2v) is 6.71. The van der Waals surface area contributed by atoms with E-state index in [2.05, 4.69) is 20.8 Å². The zero-order chi connectivity index (χ0) is 16.1. The van der Waals surface area contributed by atoms with Gasteiger partial charge in [-0.25, -0.2) is 4.68 Å². The van der Waals surface area contributed by atoms with E-state index in [0.717, 1.165) is 10.6 Å². The Kier molecular flexibility index (Phi) is 5.09. The molecule has 0 spiro atoms. The van der Waals surface area contributed by atoms with Gasteiger partial charge >= 0.3 is 0 Å². The van der Waals surface area contributed by atoms with E-state index in [1.165, 1.54) is 11.8 Å². The van der Waals surface area contributed by atoms with E-state index in [9.17, 15) is 4.79 Å². The van der Waals surface area contributed by atoms with Gasteiger partial charge in [0.25, 0.3) is 0 Å². The van der Waals surface area contributed by atoms with Gasteiger partial charge in [0.2, 0.25) is 11.1 Å². The molecule has 3 heterocycles. The summed E-state index contributed by atoms with van der Waals surface area (Å²) in [6.45, 7) is 2.41. The van der Waals surface area contributed by atoms with Crippen molar-refractivity contribution in [3.63, 3.8) is 0 Å². The van der Waals surface area contributed by atoms with Crippen LogP contribution in [0.15, 0.2) is 45.5 Å². The molecule has 9 heteroatoms. The number of thiophene rings is 1. The van der Waals surface area contributed by atoms with Crippen molar-refractivity contribution >= 4 is 29.0 Å². The Balaban J connectivity index is 1.52. The summed E-state index contributed by atoms with van der Waals surface area (Å²) in [7, 11) is 0. The zero-order valence-corrected chi connectivity index (χ0v) is 14.0. The molecule has 0 aliphatic rings. The van der Waals surface area contributed by atoms with Gasteiger partial charge in [0.1, 0.15) is 12.3 Å². The highest BCUT2D eigenvalue weighted by Gasteiger charge is 2.14. The maximum Gasteiger partial charge on any atom is 0.230 e. The Morgan fingerprint density at radius 3 is 3.13 bits per heavy atom. The van der Waals surface area contributed by atoms with E-state index >= 15 is 0 Å². The average molecular weight is 349 g/mol. The molecule has 3 aromatic heterocycles. The number of rotatable bonds is 7. The van der Waals surface area contributed by atoms with Crippen LogP contribution in [0.5, 0.6) is 0 Å². The van der Waals surface area contributed by atoms with Gasteiger partial charge in [0.05, 0.1) is 18.1 Å². The third kappa shape index (κ3) is 4.20. The highest BCUT2D eigenvalue weighted by molar-refractivity contribution is 7.99. The Morgan fingerprint density at radius 2 is 2.39 bits per heavy atom. The van der Waals surface area contributed by atoms with E-state index in [1.54, 1.807) is 22.3 Å². The predicted octanol–water partition coefficient (Wildman–Crippen LogP) is 2.35. The number of carbonyl (C=O) groups is 1. The summed E-state index contributed by atoms with van der Waals surface area (Å²) in [4.78, 5) is 13.2. The van der Waals surface area contributed by atoms with Crippen LogP contribution < -0.4 is 5.32 Å². The SMILES string of the molecule is CC(NC(=O)CSc1nnnn1Cc1ccco1)c1cccs1. The Hall–Kier alpha value is -2.13. The van der Waals surface area contributed by atoms with E-state index in [1.807, 2.05) is 36.6 Å². The number of nitrogens with zero attached hydrogens (tertiary/aromatic N) is 4. The number of amides is 1. The first kappa shape index (κ1) is 15.8. The molecule has 7 nitrogen and oxygen atoms in total. The molecule has 1 N–H and O–H groups in total. The molecular formula is C14H15N5O2S2. The number of furan rings is 1. The van der Waals surface area contributed by atoms with Crippen molar-refractivity contribution in [2.75, 3.05) is 5.75 Å². The van der Waals surface area contributed by atoms with Crippen molar-refractivity contribution < 1.29 is 9.21 Å². The van der Waals surface area contributed by atoms with Crippen molar-refractivity contribution in [1.29, 1.82) is 0 Å². The third-order valence-electron chi connectivity index (χ3n) is 3.06. The predicted molar refractivity (Wildman–Crippen MR) is 87.2 cm³/mol. The molecule has 120 valence electrons. The molecule has 3 aromatic rings. The molecule has 1 atom stereocenters. The van der Waals surface area contributed by atoms with Crippen LogP contribution in [-0.4, -0.2) is 31.9 Å². The molecule has 0 bridgehead atoms. The van der Waals surface area contributed by atoms with Crippen LogP contribution in [0.2, 0.25) is 0 Å². The first-order chi connectivity index (χ1) is 11.2. The molecule has 23 heavy (non-hydrogen) atoms. The summed E-state index contributed by atoms with van der Waals surface area (Å²) in [5.41, 5.74) is 0. The molecular weight excluding hydrogens is 334 g/mol. The summed E-state index contributed by atoms with van der Waals surface area (Å²) >= 11 is 2.92. The van der Waals surface area contributed by atoms with E-state index in [4.69, 9.17) is 4.42 Å². The highest BCUT2D eigenvalue weighted by atomic mass is 32.2. The fourth-order valence-corrected chi connectivity index (χ4v) is 3.39. The van der Waals surface area contributed by atoms with Gasteiger partial charge in [0.15, 0.2) is 0 Å². The Labute approximate surface area is 141 Å². The topological polar surface area (TPSA) is 85.8 Å². The van der Waals surface area contributed by atoms with Crippen molar-refractivity contribution in [2.24, 2.45) is 0 Å². The van der Waals surface area contributed by atoms with Crippen molar-refractivity contribution in [1.82, 2.24) is 25.5 Å². The van der Waals surface area contributed by atoms with Gasteiger partial charge in [0, 0.05) is 4.88 Å². The van der Waals surface area contributed by atoms with Crippen LogP contribution in [0.1, 0.15) is 23.6 Å². The van der Waals surface area contributed by atoms with Crippen LogP contribution in [0.4, 0.5) is 0 Å². The van der Waals surface area contributed by atoms with Gasteiger partial charge in [-0.05, 0) is 40.9 Å². The number of aromatic nitrogens is 4. The molecule has 0 aromatic carbocycles. The summed E-state index contributed by atoms with van der Waals surface area (Å²) < 4.78 is 6.89.